The lowest BCUT2D eigenvalue weighted by Crippen LogP contribution is -2.16. The van der Waals surface area contributed by atoms with E-state index in [9.17, 15) is 0 Å². The van der Waals surface area contributed by atoms with Crippen molar-refractivity contribution in [3.63, 3.8) is 0 Å². The lowest BCUT2D eigenvalue weighted by Gasteiger charge is -2.27. The molecule has 0 rings (SSSR count). The largest absolute Gasteiger partial charge is 0.0654 e. The second-order valence-electron chi connectivity index (χ2n) is 11.5. The standard InChI is InChI=1S/C30H62/c1-6-7-8-9-10-11-12-13-14-15-16-17-18-19-20-21-22-23-24-25-26-27-28-29(2)30(3,4)5/h29H,6-28H2,1-5H3. The fourth-order valence-corrected chi connectivity index (χ4v) is 4.49. The summed E-state index contributed by atoms with van der Waals surface area (Å²) >= 11 is 0. The normalized spacial score (nSPS) is 13.1. The van der Waals surface area contributed by atoms with E-state index >= 15 is 0 Å². The summed E-state index contributed by atoms with van der Waals surface area (Å²) in [5.41, 5.74) is 0.493. The molecule has 0 heteroatoms. The molecule has 0 aromatic carbocycles. The van der Waals surface area contributed by atoms with Gasteiger partial charge in [0.15, 0.2) is 0 Å². The van der Waals surface area contributed by atoms with Gasteiger partial charge in [-0.05, 0) is 11.3 Å². The molecule has 0 aliphatic carbocycles. The molecule has 0 saturated heterocycles. The smallest absolute Gasteiger partial charge is 0.0357 e. The van der Waals surface area contributed by atoms with Crippen LogP contribution in [0.2, 0.25) is 0 Å². The van der Waals surface area contributed by atoms with Crippen molar-refractivity contribution >= 4 is 0 Å². The minimum absolute atomic E-state index is 0.493. The van der Waals surface area contributed by atoms with Gasteiger partial charge in [0, 0.05) is 0 Å². The van der Waals surface area contributed by atoms with E-state index in [2.05, 4.69) is 34.6 Å². The van der Waals surface area contributed by atoms with Crippen LogP contribution < -0.4 is 0 Å². The Morgan fingerprint density at radius 1 is 0.400 bits per heavy atom. The first-order valence-corrected chi connectivity index (χ1v) is 14.5. The van der Waals surface area contributed by atoms with Crippen molar-refractivity contribution in [3.05, 3.63) is 0 Å². The summed E-state index contributed by atoms with van der Waals surface area (Å²) in [5.74, 6) is 0.864. The SMILES string of the molecule is CCCCCCCCCCCCCCCCCCCCCCCCC(C)C(C)(C)C. The molecule has 0 saturated carbocycles. The summed E-state index contributed by atoms with van der Waals surface area (Å²) < 4.78 is 0. The van der Waals surface area contributed by atoms with Crippen LogP contribution in [0, 0.1) is 11.3 Å². The van der Waals surface area contributed by atoms with Crippen LogP contribution in [-0.2, 0) is 0 Å². The van der Waals surface area contributed by atoms with Crippen molar-refractivity contribution < 1.29 is 0 Å². The highest BCUT2D eigenvalue weighted by atomic mass is 14.2. The minimum Gasteiger partial charge on any atom is -0.0654 e. The van der Waals surface area contributed by atoms with Gasteiger partial charge in [0.05, 0.1) is 0 Å². The van der Waals surface area contributed by atoms with E-state index in [1.165, 1.54) is 148 Å². The van der Waals surface area contributed by atoms with Crippen LogP contribution in [-0.4, -0.2) is 0 Å². The Kier molecular flexibility index (Phi) is 22.2. The third kappa shape index (κ3) is 22.7. The zero-order chi connectivity index (χ0) is 22.3. The maximum Gasteiger partial charge on any atom is -0.0357 e. The molecule has 0 aliphatic rings. The second kappa shape index (κ2) is 22.2. The highest BCUT2D eigenvalue weighted by molar-refractivity contribution is 4.69. The van der Waals surface area contributed by atoms with Crippen LogP contribution in [0.25, 0.3) is 0 Å². The molecule has 1 unspecified atom stereocenters. The highest BCUT2D eigenvalue weighted by Gasteiger charge is 2.18. The predicted molar refractivity (Wildman–Crippen MR) is 140 cm³/mol. The molecule has 0 heterocycles. The zero-order valence-electron chi connectivity index (χ0n) is 22.3. The Hall–Kier alpha value is 0. The summed E-state index contributed by atoms with van der Waals surface area (Å²) in [6, 6.07) is 0. The minimum atomic E-state index is 0.493. The Labute approximate surface area is 193 Å². The van der Waals surface area contributed by atoms with Gasteiger partial charge < -0.3 is 0 Å². The summed E-state index contributed by atoms with van der Waals surface area (Å²) in [6.45, 7) is 11.9. The van der Waals surface area contributed by atoms with E-state index in [1.54, 1.807) is 0 Å². The fraction of sp³-hybridized carbons (Fsp3) is 1.00. The van der Waals surface area contributed by atoms with Gasteiger partial charge in [0.1, 0.15) is 0 Å². The van der Waals surface area contributed by atoms with Crippen molar-refractivity contribution in [1.82, 2.24) is 0 Å². The molecule has 30 heavy (non-hydrogen) atoms. The van der Waals surface area contributed by atoms with Gasteiger partial charge in [-0.3, -0.25) is 0 Å². The molecular weight excluding hydrogens is 360 g/mol. The summed E-state index contributed by atoms with van der Waals surface area (Å²) in [6.07, 6.45) is 33.8. The van der Waals surface area contributed by atoms with Gasteiger partial charge in [-0.25, -0.2) is 0 Å². The molecule has 1 atom stereocenters. The Morgan fingerprint density at radius 3 is 0.867 bits per heavy atom. The van der Waals surface area contributed by atoms with Crippen LogP contribution in [0.1, 0.15) is 182 Å². The van der Waals surface area contributed by atoms with Crippen molar-refractivity contribution in [3.8, 4) is 0 Å². The fourth-order valence-electron chi connectivity index (χ4n) is 4.49. The van der Waals surface area contributed by atoms with Gasteiger partial charge in [-0.15, -0.1) is 0 Å². The Morgan fingerprint density at radius 2 is 0.633 bits per heavy atom. The first-order valence-electron chi connectivity index (χ1n) is 14.5. The van der Waals surface area contributed by atoms with E-state index in [1.807, 2.05) is 0 Å². The third-order valence-corrected chi connectivity index (χ3v) is 7.47. The van der Waals surface area contributed by atoms with E-state index in [-0.39, 0.29) is 0 Å². The number of rotatable bonds is 23. The molecule has 0 nitrogen and oxygen atoms in total. The van der Waals surface area contributed by atoms with Crippen LogP contribution in [0.5, 0.6) is 0 Å². The molecule has 0 aromatic rings. The molecule has 0 aromatic heterocycles. The topological polar surface area (TPSA) is 0 Å². The molecular formula is C30H62. The first kappa shape index (κ1) is 30.0. The van der Waals surface area contributed by atoms with Crippen LogP contribution in [0.3, 0.4) is 0 Å². The van der Waals surface area contributed by atoms with E-state index in [0.717, 1.165) is 5.92 Å². The van der Waals surface area contributed by atoms with Crippen LogP contribution in [0.4, 0.5) is 0 Å². The van der Waals surface area contributed by atoms with E-state index in [0.29, 0.717) is 5.41 Å². The number of hydrogen-bond acceptors (Lipinski definition) is 0. The first-order chi connectivity index (χ1) is 14.5. The molecule has 0 spiro atoms. The van der Waals surface area contributed by atoms with Crippen molar-refractivity contribution in [2.45, 2.75) is 182 Å². The lowest BCUT2D eigenvalue weighted by molar-refractivity contribution is 0.240. The lowest BCUT2D eigenvalue weighted by atomic mass is 9.79. The second-order valence-corrected chi connectivity index (χ2v) is 11.5. The molecule has 0 fully saturated rings. The maximum atomic E-state index is 2.43. The van der Waals surface area contributed by atoms with Gasteiger partial charge in [-0.1, -0.05) is 182 Å². The molecule has 182 valence electrons. The van der Waals surface area contributed by atoms with E-state index in [4.69, 9.17) is 0 Å². The van der Waals surface area contributed by atoms with Crippen molar-refractivity contribution in [2.24, 2.45) is 11.3 Å². The Bertz CT molecular complexity index is 310. The van der Waals surface area contributed by atoms with Crippen LogP contribution in [0.15, 0.2) is 0 Å². The summed E-state index contributed by atoms with van der Waals surface area (Å²) in [5, 5.41) is 0. The summed E-state index contributed by atoms with van der Waals surface area (Å²) in [7, 11) is 0. The highest BCUT2D eigenvalue weighted by Crippen LogP contribution is 2.29. The number of hydrogen-bond donors (Lipinski definition) is 0. The van der Waals surface area contributed by atoms with Crippen LogP contribution >= 0.6 is 0 Å². The summed E-state index contributed by atoms with van der Waals surface area (Å²) in [4.78, 5) is 0. The van der Waals surface area contributed by atoms with E-state index < -0.39 is 0 Å². The quantitative estimate of drug-likeness (QED) is 0.144. The molecule has 0 aliphatic heterocycles. The monoisotopic (exact) mass is 422 g/mol. The van der Waals surface area contributed by atoms with Crippen molar-refractivity contribution in [2.75, 3.05) is 0 Å². The Balaban J connectivity index is 3.08. The maximum absolute atomic E-state index is 2.43. The van der Waals surface area contributed by atoms with Gasteiger partial charge in [-0.2, -0.15) is 0 Å². The van der Waals surface area contributed by atoms with Gasteiger partial charge >= 0.3 is 0 Å². The molecule has 0 amide bonds. The molecule has 0 radical (unpaired) electrons. The third-order valence-electron chi connectivity index (χ3n) is 7.47. The number of unbranched alkanes of at least 4 members (excludes halogenated alkanes) is 21. The average molecular weight is 423 g/mol. The zero-order valence-corrected chi connectivity index (χ0v) is 22.3. The predicted octanol–water partition coefficient (Wildman–Crippen LogP) is 11.7. The average Bonchev–Trinajstić information content (AvgIpc) is 2.71. The van der Waals surface area contributed by atoms with Crippen molar-refractivity contribution in [1.29, 1.82) is 0 Å². The van der Waals surface area contributed by atoms with Gasteiger partial charge in [0.25, 0.3) is 0 Å². The van der Waals surface area contributed by atoms with Gasteiger partial charge in [0.2, 0.25) is 0 Å². The molecule has 0 bridgehead atoms. The molecule has 0 N–H and O–H groups in total.